The van der Waals surface area contributed by atoms with Crippen LogP contribution >= 0.6 is 11.8 Å². The Morgan fingerprint density at radius 3 is 2.72 bits per heavy atom. The van der Waals surface area contributed by atoms with Crippen LogP contribution in [0.5, 0.6) is 0 Å². The second kappa shape index (κ2) is 5.26. The second-order valence-electron chi connectivity index (χ2n) is 6.13. The van der Waals surface area contributed by atoms with E-state index in [4.69, 9.17) is 0 Å². The molecule has 1 unspecified atom stereocenters. The van der Waals surface area contributed by atoms with Gasteiger partial charge < -0.3 is 0 Å². The molecule has 0 bridgehead atoms. The van der Waals surface area contributed by atoms with Crippen LogP contribution < -0.4 is 0 Å². The lowest BCUT2D eigenvalue weighted by molar-refractivity contribution is 0.235. The van der Waals surface area contributed by atoms with E-state index >= 15 is 0 Å². The van der Waals surface area contributed by atoms with E-state index in [1.54, 1.807) is 5.56 Å². The molecule has 0 spiro atoms. The first-order chi connectivity index (χ1) is 8.72. The first-order valence-corrected chi connectivity index (χ1v) is 8.09. The van der Waals surface area contributed by atoms with Gasteiger partial charge in [0.1, 0.15) is 0 Å². The van der Waals surface area contributed by atoms with E-state index < -0.39 is 0 Å². The molecule has 1 saturated carbocycles. The van der Waals surface area contributed by atoms with E-state index in [-0.39, 0.29) is 0 Å². The fourth-order valence-corrected chi connectivity index (χ4v) is 4.25. The van der Waals surface area contributed by atoms with Gasteiger partial charge in [-0.3, -0.25) is 4.90 Å². The maximum atomic E-state index is 2.74. The van der Waals surface area contributed by atoms with Gasteiger partial charge in [0.25, 0.3) is 0 Å². The highest BCUT2D eigenvalue weighted by atomic mass is 32.2. The minimum atomic E-state index is 0.779. The average molecular weight is 261 g/mol. The summed E-state index contributed by atoms with van der Waals surface area (Å²) in [6.07, 6.45) is 4.12. The Morgan fingerprint density at radius 1 is 1.28 bits per heavy atom. The summed E-state index contributed by atoms with van der Waals surface area (Å²) in [5, 5.41) is 0.779. The molecule has 1 aliphatic carbocycles. The highest BCUT2D eigenvalue weighted by Gasteiger charge is 2.32. The molecule has 2 heteroatoms. The zero-order chi connectivity index (χ0) is 12.5. The SMILES string of the molecule is CC(C)CN(CC1Cc2ccccc2S1)C1CC1. The molecular weight excluding hydrogens is 238 g/mol. The van der Waals surface area contributed by atoms with E-state index in [1.165, 1.54) is 37.2 Å². The summed E-state index contributed by atoms with van der Waals surface area (Å²) in [6.45, 7) is 7.23. The fourth-order valence-electron chi connectivity index (χ4n) is 2.90. The Hall–Kier alpha value is -0.470. The Labute approximate surface area is 115 Å². The molecule has 1 heterocycles. The van der Waals surface area contributed by atoms with Crippen molar-refractivity contribution in [1.82, 2.24) is 4.90 Å². The Balaban J connectivity index is 1.60. The van der Waals surface area contributed by atoms with Crippen LogP contribution in [0.4, 0.5) is 0 Å². The lowest BCUT2D eigenvalue weighted by Gasteiger charge is -2.26. The third kappa shape index (κ3) is 2.92. The van der Waals surface area contributed by atoms with Crippen molar-refractivity contribution >= 4 is 11.8 Å². The van der Waals surface area contributed by atoms with Crippen LogP contribution in [0.3, 0.4) is 0 Å². The minimum Gasteiger partial charge on any atom is -0.299 e. The van der Waals surface area contributed by atoms with Crippen LogP contribution in [0, 0.1) is 5.92 Å². The van der Waals surface area contributed by atoms with Crippen molar-refractivity contribution in [1.29, 1.82) is 0 Å². The van der Waals surface area contributed by atoms with Crippen molar-refractivity contribution in [2.75, 3.05) is 13.1 Å². The van der Waals surface area contributed by atoms with Crippen molar-refractivity contribution in [3.63, 3.8) is 0 Å². The molecule has 1 fully saturated rings. The van der Waals surface area contributed by atoms with Crippen LogP contribution in [0.1, 0.15) is 32.3 Å². The quantitative estimate of drug-likeness (QED) is 0.792. The van der Waals surface area contributed by atoms with E-state index in [2.05, 4.69) is 54.8 Å². The Morgan fingerprint density at radius 2 is 2.06 bits per heavy atom. The number of benzene rings is 1. The molecule has 1 atom stereocenters. The highest BCUT2D eigenvalue weighted by Crippen LogP contribution is 2.38. The van der Waals surface area contributed by atoms with E-state index in [1.807, 2.05) is 0 Å². The summed E-state index contributed by atoms with van der Waals surface area (Å²) in [4.78, 5) is 4.26. The van der Waals surface area contributed by atoms with Crippen molar-refractivity contribution in [3.8, 4) is 0 Å². The molecule has 0 N–H and O–H groups in total. The zero-order valence-corrected chi connectivity index (χ0v) is 12.2. The smallest absolute Gasteiger partial charge is 0.0263 e. The normalized spacial score (nSPS) is 22.8. The summed E-state index contributed by atoms with van der Waals surface area (Å²) in [5.41, 5.74) is 1.56. The van der Waals surface area contributed by atoms with Gasteiger partial charge in [-0.05, 0) is 36.8 Å². The molecule has 0 aromatic heterocycles. The van der Waals surface area contributed by atoms with Gasteiger partial charge in [0.05, 0.1) is 0 Å². The maximum absolute atomic E-state index is 2.74. The van der Waals surface area contributed by atoms with Crippen LogP contribution in [-0.4, -0.2) is 29.3 Å². The number of nitrogens with zero attached hydrogens (tertiary/aromatic N) is 1. The Bertz CT molecular complexity index is 386. The summed E-state index contributed by atoms with van der Waals surface area (Å²) >= 11 is 2.10. The number of rotatable bonds is 5. The molecule has 1 aromatic carbocycles. The summed E-state index contributed by atoms with van der Waals surface area (Å²) in [5.74, 6) is 0.791. The molecule has 3 rings (SSSR count). The highest BCUT2D eigenvalue weighted by molar-refractivity contribution is 8.00. The van der Waals surface area contributed by atoms with Crippen molar-refractivity contribution in [2.24, 2.45) is 5.92 Å². The van der Waals surface area contributed by atoms with E-state index in [0.29, 0.717) is 0 Å². The van der Waals surface area contributed by atoms with Gasteiger partial charge in [-0.15, -0.1) is 11.8 Å². The van der Waals surface area contributed by atoms with Gasteiger partial charge in [-0.1, -0.05) is 32.0 Å². The van der Waals surface area contributed by atoms with Gasteiger partial charge >= 0.3 is 0 Å². The molecule has 1 nitrogen and oxygen atoms in total. The number of hydrogen-bond acceptors (Lipinski definition) is 2. The lowest BCUT2D eigenvalue weighted by atomic mass is 10.1. The Kier molecular flexibility index (Phi) is 3.67. The first kappa shape index (κ1) is 12.6. The molecule has 0 saturated heterocycles. The molecule has 18 heavy (non-hydrogen) atoms. The molecular formula is C16H23NS. The summed E-state index contributed by atoms with van der Waals surface area (Å²) in [6, 6.07) is 9.82. The van der Waals surface area contributed by atoms with Gasteiger partial charge in [-0.25, -0.2) is 0 Å². The number of hydrogen-bond donors (Lipinski definition) is 0. The number of thioether (sulfide) groups is 1. The predicted molar refractivity (Wildman–Crippen MR) is 79.2 cm³/mol. The van der Waals surface area contributed by atoms with Gasteiger partial charge in [-0.2, -0.15) is 0 Å². The second-order valence-corrected chi connectivity index (χ2v) is 7.47. The maximum Gasteiger partial charge on any atom is 0.0263 e. The average Bonchev–Trinajstić information content (AvgIpc) is 3.08. The van der Waals surface area contributed by atoms with Gasteiger partial charge in [0, 0.05) is 29.3 Å². The van der Waals surface area contributed by atoms with Crippen LogP contribution in [0.2, 0.25) is 0 Å². The van der Waals surface area contributed by atoms with Crippen LogP contribution in [-0.2, 0) is 6.42 Å². The molecule has 1 aromatic rings. The van der Waals surface area contributed by atoms with Crippen molar-refractivity contribution < 1.29 is 0 Å². The largest absolute Gasteiger partial charge is 0.299 e. The van der Waals surface area contributed by atoms with E-state index in [9.17, 15) is 0 Å². The van der Waals surface area contributed by atoms with Crippen molar-refractivity contribution in [2.45, 2.75) is 49.3 Å². The zero-order valence-electron chi connectivity index (χ0n) is 11.4. The van der Waals surface area contributed by atoms with Crippen LogP contribution in [0.25, 0.3) is 0 Å². The third-order valence-corrected chi connectivity index (χ3v) is 5.12. The lowest BCUT2D eigenvalue weighted by Crippen LogP contribution is -2.35. The topological polar surface area (TPSA) is 3.24 Å². The summed E-state index contributed by atoms with van der Waals surface area (Å²) in [7, 11) is 0. The molecule has 0 radical (unpaired) electrons. The summed E-state index contributed by atoms with van der Waals surface area (Å²) < 4.78 is 0. The van der Waals surface area contributed by atoms with Gasteiger partial charge in [0.15, 0.2) is 0 Å². The minimum absolute atomic E-state index is 0.779. The molecule has 2 aliphatic rings. The van der Waals surface area contributed by atoms with E-state index in [0.717, 1.165) is 17.2 Å². The molecule has 1 aliphatic heterocycles. The van der Waals surface area contributed by atoms with Crippen LogP contribution in [0.15, 0.2) is 29.2 Å². The predicted octanol–water partition coefficient (Wildman–Crippen LogP) is 3.82. The van der Waals surface area contributed by atoms with Crippen molar-refractivity contribution in [3.05, 3.63) is 29.8 Å². The standard InChI is InChI=1S/C16H23NS/c1-12(2)10-17(14-7-8-14)11-15-9-13-5-3-4-6-16(13)18-15/h3-6,12,14-15H,7-11H2,1-2H3. The first-order valence-electron chi connectivity index (χ1n) is 7.21. The van der Waals surface area contributed by atoms with Gasteiger partial charge in [0.2, 0.25) is 0 Å². The molecule has 0 amide bonds. The fraction of sp³-hybridized carbons (Fsp3) is 0.625. The number of fused-ring (bicyclic) bond motifs is 1. The monoisotopic (exact) mass is 261 g/mol. The third-order valence-electron chi connectivity index (χ3n) is 3.81. The molecule has 98 valence electrons.